The van der Waals surface area contributed by atoms with E-state index in [2.05, 4.69) is 13.8 Å². The van der Waals surface area contributed by atoms with Crippen molar-refractivity contribution in [2.24, 2.45) is 0 Å². The molecule has 1 unspecified atom stereocenters. The van der Waals surface area contributed by atoms with Gasteiger partial charge in [-0.25, -0.2) is 0 Å². The largest absolute Gasteiger partial charge is 0.481 e. The van der Waals surface area contributed by atoms with Gasteiger partial charge in [0.1, 0.15) is 0 Å². The third-order valence-electron chi connectivity index (χ3n) is 6.25. The summed E-state index contributed by atoms with van der Waals surface area (Å²) in [4.78, 5) is 20.5. The lowest BCUT2D eigenvalue weighted by Gasteiger charge is -2.01. The minimum atomic E-state index is -0.657. The lowest BCUT2D eigenvalue weighted by Crippen LogP contribution is -2.03. The average molecular weight is 533 g/mol. The van der Waals surface area contributed by atoms with E-state index < -0.39 is 18.0 Å². The molecule has 0 aliphatic rings. The lowest BCUT2D eigenvalue weighted by molar-refractivity contribution is -0.138. The van der Waals surface area contributed by atoms with Crippen molar-refractivity contribution < 1.29 is 30.0 Å². The summed E-state index contributed by atoms with van der Waals surface area (Å²) >= 11 is 0. The smallest absolute Gasteiger partial charge is 0.303 e. The molecule has 0 saturated carbocycles. The van der Waals surface area contributed by atoms with Gasteiger partial charge in [-0.2, -0.15) is 0 Å². The second kappa shape index (κ2) is 37.0. The van der Waals surface area contributed by atoms with Crippen molar-refractivity contribution >= 4 is 11.9 Å². The number of rotatable bonds is 25. The molecule has 37 heavy (non-hydrogen) atoms. The maximum atomic E-state index is 10.3. The molecule has 0 aromatic carbocycles. The summed E-state index contributed by atoms with van der Waals surface area (Å²) in [6.45, 7) is 5.88. The third-order valence-corrected chi connectivity index (χ3v) is 6.25. The highest BCUT2D eigenvalue weighted by molar-refractivity contribution is 5.66. The molecule has 0 fully saturated rings. The Morgan fingerprint density at radius 1 is 0.486 bits per heavy atom. The summed E-state index contributed by atoms with van der Waals surface area (Å²) in [7, 11) is 0. The molecule has 1 atom stereocenters. The Hall–Kier alpha value is -1.14. The Balaban J connectivity index is -0.000000528. The standard InChI is InChI=1S/2C14H28O2.C3H8O2/c2*1-2-3-4-5-6-7-8-9-10-11-12-13-14(15)16;1-3(5)2-4/h2*2-13H2,1H3,(H,15,16);3-5H,2H2,1H3. The molecule has 0 bridgehead atoms. The first-order valence-corrected chi connectivity index (χ1v) is 15.5. The molecule has 0 spiro atoms. The minimum absolute atomic E-state index is 0.139. The Morgan fingerprint density at radius 2 is 0.676 bits per heavy atom. The van der Waals surface area contributed by atoms with Crippen LogP contribution in [0.25, 0.3) is 0 Å². The van der Waals surface area contributed by atoms with Gasteiger partial charge < -0.3 is 20.4 Å². The van der Waals surface area contributed by atoms with Gasteiger partial charge in [0.25, 0.3) is 0 Å². The van der Waals surface area contributed by atoms with Gasteiger partial charge in [0.05, 0.1) is 12.7 Å². The maximum Gasteiger partial charge on any atom is 0.303 e. The van der Waals surface area contributed by atoms with E-state index in [0.717, 1.165) is 25.7 Å². The monoisotopic (exact) mass is 532 g/mol. The van der Waals surface area contributed by atoms with Crippen LogP contribution in [0.4, 0.5) is 0 Å². The highest BCUT2D eigenvalue weighted by Gasteiger charge is 1.97. The van der Waals surface area contributed by atoms with E-state index in [-0.39, 0.29) is 6.61 Å². The molecular weight excluding hydrogens is 468 g/mol. The first-order chi connectivity index (χ1) is 17.8. The molecule has 0 heterocycles. The molecule has 0 aromatic rings. The highest BCUT2D eigenvalue weighted by atomic mass is 16.4. The van der Waals surface area contributed by atoms with Gasteiger partial charge in [-0.1, -0.05) is 142 Å². The number of unbranched alkanes of at least 4 members (excludes halogenated alkanes) is 20. The van der Waals surface area contributed by atoms with E-state index in [1.807, 2.05) is 0 Å². The number of carbonyl (C=O) groups is 2. The van der Waals surface area contributed by atoms with Crippen molar-refractivity contribution in [3.63, 3.8) is 0 Å². The third kappa shape index (κ3) is 52.2. The molecule has 0 saturated heterocycles. The summed E-state index contributed by atoms with van der Waals surface area (Å²) < 4.78 is 0. The Morgan fingerprint density at radius 3 is 0.838 bits per heavy atom. The lowest BCUT2D eigenvalue weighted by atomic mass is 10.1. The number of carboxylic acid groups (broad SMARTS) is 2. The van der Waals surface area contributed by atoms with Gasteiger partial charge in [0.15, 0.2) is 0 Å². The summed E-state index contributed by atoms with van der Waals surface area (Å²) in [5.74, 6) is -1.31. The molecule has 0 radical (unpaired) electrons. The van der Waals surface area contributed by atoms with Crippen LogP contribution >= 0.6 is 0 Å². The molecule has 0 aromatic heterocycles. The van der Waals surface area contributed by atoms with Crippen LogP contribution in [0.3, 0.4) is 0 Å². The van der Waals surface area contributed by atoms with Gasteiger partial charge in [0, 0.05) is 12.8 Å². The molecule has 4 N–H and O–H groups in total. The summed E-state index contributed by atoms with van der Waals surface area (Å²) in [6, 6.07) is 0. The van der Waals surface area contributed by atoms with Crippen molar-refractivity contribution in [1.29, 1.82) is 0 Å². The van der Waals surface area contributed by atoms with Crippen LogP contribution in [0.1, 0.15) is 175 Å². The van der Waals surface area contributed by atoms with E-state index in [9.17, 15) is 9.59 Å². The van der Waals surface area contributed by atoms with E-state index in [0.29, 0.717) is 12.8 Å². The van der Waals surface area contributed by atoms with Crippen LogP contribution in [0, 0.1) is 0 Å². The number of hydrogen-bond donors (Lipinski definition) is 4. The van der Waals surface area contributed by atoms with Crippen molar-refractivity contribution in [1.82, 2.24) is 0 Å². The first-order valence-electron chi connectivity index (χ1n) is 15.5. The van der Waals surface area contributed by atoms with Gasteiger partial charge in [-0.05, 0) is 19.8 Å². The minimum Gasteiger partial charge on any atom is -0.481 e. The molecule has 6 nitrogen and oxygen atoms in total. The zero-order chi connectivity index (χ0) is 28.4. The number of aliphatic hydroxyl groups excluding tert-OH is 2. The maximum absolute atomic E-state index is 10.3. The van der Waals surface area contributed by atoms with Crippen LogP contribution in [-0.4, -0.2) is 45.1 Å². The predicted molar refractivity (Wildman–Crippen MR) is 156 cm³/mol. The second-order valence-electron chi connectivity index (χ2n) is 10.4. The summed E-state index contributed by atoms with van der Waals surface area (Å²) in [5.41, 5.74) is 0. The van der Waals surface area contributed by atoms with Gasteiger partial charge >= 0.3 is 11.9 Å². The molecule has 0 aliphatic carbocycles. The van der Waals surface area contributed by atoms with Crippen LogP contribution in [0.2, 0.25) is 0 Å². The Labute approximate surface area is 229 Å². The fourth-order valence-corrected chi connectivity index (χ4v) is 3.88. The van der Waals surface area contributed by atoms with Gasteiger partial charge in [-0.3, -0.25) is 9.59 Å². The number of carboxylic acids is 2. The normalized spacial score (nSPS) is 11.2. The first kappa shape index (κ1) is 40.4. The molecule has 0 rings (SSSR count). The Bertz CT molecular complexity index is 403. The summed E-state index contributed by atoms with van der Waals surface area (Å²) in [5, 5.41) is 32.9. The SMILES string of the molecule is CC(O)CO.CCCCCCCCCCCCCC(=O)O.CCCCCCCCCCCCCC(=O)O. The van der Waals surface area contributed by atoms with E-state index >= 15 is 0 Å². The average Bonchev–Trinajstić information content (AvgIpc) is 2.86. The zero-order valence-corrected chi connectivity index (χ0v) is 24.9. The molecule has 6 heteroatoms. The van der Waals surface area contributed by atoms with Crippen molar-refractivity contribution in [2.75, 3.05) is 6.61 Å². The number of aliphatic hydroxyl groups is 2. The van der Waals surface area contributed by atoms with Crippen molar-refractivity contribution in [2.45, 2.75) is 181 Å². The van der Waals surface area contributed by atoms with Crippen LogP contribution in [0.15, 0.2) is 0 Å². The quantitative estimate of drug-likeness (QED) is 0.0872. The van der Waals surface area contributed by atoms with E-state index in [1.165, 1.54) is 122 Å². The number of aliphatic carboxylic acids is 2. The summed E-state index contributed by atoms with van der Waals surface area (Å²) in [6.07, 6.45) is 28.2. The molecule has 0 aliphatic heterocycles. The predicted octanol–water partition coefficient (Wildman–Crippen LogP) is 8.90. The highest BCUT2D eigenvalue weighted by Crippen LogP contribution is 2.12. The van der Waals surface area contributed by atoms with Crippen LogP contribution in [-0.2, 0) is 9.59 Å². The van der Waals surface area contributed by atoms with Crippen molar-refractivity contribution in [3.8, 4) is 0 Å². The Kier molecular flexibility index (Phi) is 40.4. The van der Waals surface area contributed by atoms with Crippen molar-refractivity contribution in [3.05, 3.63) is 0 Å². The van der Waals surface area contributed by atoms with Crippen LogP contribution < -0.4 is 0 Å². The number of hydrogen-bond acceptors (Lipinski definition) is 4. The van der Waals surface area contributed by atoms with Crippen LogP contribution in [0.5, 0.6) is 0 Å². The second-order valence-corrected chi connectivity index (χ2v) is 10.4. The fraction of sp³-hybridized carbons (Fsp3) is 0.935. The zero-order valence-electron chi connectivity index (χ0n) is 24.9. The molecular formula is C31H64O6. The van der Waals surface area contributed by atoms with Gasteiger partial charge in [0.2, 0.25) is 0 Å². The van der Waals surface area contributed by atoms with E-state index in [1.54, 1.807) is 0 Å². The van der Waals surface area contributed by atoms with Gasteiger partial charge in [-0.15, -0.1) is 0 Å². The van der Waals surface area contributed by atoms with E-state index in [4.69, 9.17) is 20.4 Å². The molecule has 224 valence electrons. The topological polar surface area (TPSA) is 115 Å². The fourth-order valence-electron chi connectivity index (χ4n) is 3.88. The molecule has 0 amide bonds.